The Labute approximate surface area is 237 Å². The van der Waals surface area contributed by atoms with Crippen LogP contribution in [-0.4, -0.2) is 44.3 Å². The van der Waals surface area contributed by atoms with Gasteiger partial charge in [-0.25, -0.2) is 12.8 Å². The lowest BCUT2D eigenvalue weighted by atomic mass is 10.1. The maximum Gasteiger partial charge on any atom is 0.264 e. The van der Waals surface area contributed by atoms with Crippen molar-refractivity contribution in [2.75, 3.05) is 17.4 Å². The van der Waals surface area contributed by atoms with Crippen molar-refractivity contribution in [3.63, 3.8) is 0 Å². The standard InChI is InChI=1S/C28H31FIN3O4S/c1-3-18-31-28(35)26(4-2)32(19-21-10-12-22(29)13-11-21)27(34)20-33(24-16-14-23(30)15-17-24)38(36,37)25-8-6-5-7-9-25/h5-17,26H,3-4,18-20H2,1-2H3,(H,31,35)/t26-/m1/s1. The molecule has 0 aromatic heterocycles. The second kappa shape index (κ2) is 13.7. The molecule has 3 rings (SSSR count). The number of hydrogen-bond acceptors (Lipinski definition) is 4. The third kappa shape index (κ3) is 7.53. The summed E-state index contributed by atoms with van der Waals surface area (Å²) in [4.78, 5) is 28.3. The molecule has 2 amide bonds. The van der Waals surface area contributed by atoms with E-state index in [9.17, 15) is 22.4 Å². The van der Waals surface area contributed by atoms with Gasteiger partial charge >= 0.3 is 0 Å². The highest BCUT2D eigenvalue weighted by Crippen LogP contribution is 2.25. The van der Waals surface area contributed by atoms with E-state index in [0.29, 0.717) is 24.2 Å². The molecule has 0 unspecified atom stereocenters. The summed E-state index contributed by atoms with van der Waals surface area (Å²) in [5, 5.41) is 2.84. The first-order chi connectivity index (χ1) is 18.2. The molecule has 1 atom stereocenters. The number of carbonyl (C=O) groups excluding carboxylic acids is 2. The van der Waals surface area contributed by atoms with Gasteiger partial charge in [-0.1, -0.05) is 44.2 Å². The Hall–Kier alpha value is -2.99. The summed E-state index contributed by atoms with van der Waals surface area (Å²) in [5.74, 6) is -1.29. The van der Waals surface area contributed by atoms with E-state index < -0.39 is 34.3 Å². The fourth-order valence-corrected chi connectivity index (χ4v) is 5.72. The van der Waals surface area contributed by atoms with Gasteiger partial charge in [-0.2, -0.15) is 0 Å². The monoisotopic (exact) mass is 651 g/mol. The maximum absolute atomic E-state index is 13.9. The van der Waals surface area contributed by atoms with Crippen LogP contribution in [0.15, 0.2) is 83.8 Å². The molecule has 0 heterocycles. The molecule has 0 radical (unpaired) electrons. The zero-order valence-corrected chi connectivity index (χ0v) is 24.3. The summed E-state index contributed by atoms with van der Waals surface area (Å²) in [6, 6.07) is 19.5. The fraction of sp³-hybridized carbons (Fsp3) is 0.286. The molecule has 3 aromatic rings. The number of nitrogens with zero attached hydrogens (tertiary/aromatic N) is 2. The lowest BCUT2D eigenvalue weighted by molar-refractivity contribution is -0.140. The molecular weight excluding hydrogens is 620 g/mol. The minimum atomic E-state index is -4.11. The molecule has 0 saturated heterocycles. The van der Waals surface area contributed by atoms with E-state index in [4.69, 9.17) is 0 Å². The van der Waals surface area contributed by atoms with Gasteiger partial charge in [0.25, 0.3) is 10.0 Å². The average molecular weight is 652 g/mol. The number of nitrogens with one attached hydrogen (secondary N) is 1. The van der Waals surface area contributed by atoms with Crippen LogP contribution >= 0.6 is 22.6 Å². The molecule has 7 nitrogen and oxygen atoms in total. The highest BCUT2D eigenvalue weighted by Gasteiger charge is 2.33. The summed E-state index contributed by atoms with van der Waals surface area (Å²) in [6.45, 7) is 3.67. The number of amides is 2. The highest BCUT2D eigenvalue weighted by atomic mass is 127. The van der Waals surface area contributed by atoms with Crippen LogP contribution in [0.1, 0.15) is 32.3 Å². The molecular formula is C28H31FIN3O4S. The molecule has 3 aromatic carbocycles. The van der Waals surface area contributed by atoms with E-state index >= 15 is 0 Å². The van der Waals surface area contributed by atoms with Crippen molar-refractivity contribution in [3.8, 4) is 0 Å². The van der Waals surface area contributed by atoms with Gasteiger partial charge in [-0.05, 0) is 89.5 Å². The van der Waals surface area contributed by atoms with Crippen LogP contribution in [0.5, 0.6) is 0 Å². The van der Waals surface area contributed by atoms with E-state index in [2.05, 4.69) is 27.9 Å². The molecule has 0 bridgehead atoms. The van der Waals surface area contributed by atoms with Gasteiger partial charge in [-0.15, -0.1) is 0 Å². The average Bonchev–Trinajstić information content (AvgIpc) is 2.92. The normalized spacial score (nSPS) is 12.0. The first kappa shape index (κ1) is 29.6. The highest BCUT2D eigenvalue weighted by molar-refractivity contribution is 14.1. The van der Waals surface area contributed by atoms with Crippen LogP contribution in [0.4, 0.5) is 10.1 Å². The van der Waals surface area contributed by atoms with Crippen molar-refractivity contribution in [3.05, 3.63) is 93.8 Å². The van der Waals surface area contributed by atoms with Crippen LogP contribution in [0.2, 0.25) is 0 Å². The maximum atomic E-state index is 13.9. The van der Waals surface area contributed by atoms with E-state index in [-0.39, 0.29) is 17.3 Å². The summed E-state index contributed by atoms with van der Waals surface area (Å²) < 4.78 is 42.9. The van der Waals surface area contributed by atoms with Gasteiger partial charge in [0, 0.05) is 16.7 Å². The molecule has 0 aliphatic rings. The van der Waals surface area contributed by atoms with Gasteiger partial charge in [0.05, 0.1) is 10.6 Å². The van der Waals surface area contributed by atoms with E-state index in [0.717, 1.165) is 14.3 Å². The van der Waals surface area contributed by atoms with E-state index in [1.54, 1.807) is 61.5 Å². The molecule has 10 heteroatoms. The number of benzene rings is 3. The molecule has 202 valence electrons. The predicted molar refractivity (Wildman–Crippen MR) is 154 cm³/mol. The minimum absolute atomic E-state index is 0.0169. The van der Waals surface area contributed by atoms with E-state index in [1.807, 2.05) is 6.92 Å². The van der Waals surface area contributed by atoms with Gasteiger partial charge in [-0.3, -0.25) is 13.9 Å². The molecule has 38 heavy (non-hydrogen) atoms. The topological polar surface area (TPSA) is 86.8 Å². The number of anilines is 1. The Balaban J connectivity index is 2.02. The summed E-state index contributed by atoms with van der Waals surface area (Å²) >= 11 is 2.12. The second-order valence-electron chi connectivity index (χ2n) is 8.66. The quantitative estimate of drug-likeness (QED) is 0.281. The van der Waals surface area contributed by atoms with Crippen molar-refractivity contribution >= 4 is 50.1 Å². The molecule has 0 spiro atoms. The summed E-state index contributed by atoms with van der Waals surface area (Å²) in [6.07, 6.45) is 1.04. The van der Waals surface area contributed by atoms with Gasteiger partial charge < -0.3 is 10.2 Å². The Morgan fingerprint density at radius 3 is 2.16 bits per heavy atom. The van der Waals surface area contributed by atoms with Crippen LogP contribution in [0.25, 0.3) is 0 Å². The molecule has 0 aliphatic carbocycles. The third-order valence-electron chi connectivity index (χ3n) is 5.93. The Kier molecular flexibility index (Phi) is 10.7. The second-order valence-corrected chi connectivity index (χ2v) is 11.8. The SMILES string of the molecule is CCCNC(=O)[C@@H](CC)N(Cc1ccc(F)cc1)C(=O)CN(c1ccc(I)cc1)S(=O)(=O)c1ccccc1. The first-order valence-corrected chi connectivity index (χ1v) is 14.8. The number of rotatable bonds is 12. The van der Waals surface area contributed by atoms with Gasteiger partial charge in [0.15, 0.2) is 0 Å². The van der Waals surface area contributed by atoms with Crippen LogP contribution < -0.4 is 9.62 Å². The van der Waals surface area contributed by atoms with Gasteiger partial charge in [0.1, 0.15) is 18.4 Å². The number of halogens is 2. The Bertz CT molecular complexity index is 1320. The number of sulfonamides is 1. The molecule has 0 fully saturated rings. The Morgan fingerprint density at radius 2 is 1.58 bits per heavy atom. The zero-order chi connectivity index (χ0) is 27.7. The largest absolute Gasteiger partial charge is 0.354 e. The van der Waals surface area contributed by atoms with Crippen molar-refractivity contribution in [2.45, 2.75) is 44.2 Å². The predicted octanol–water partition coefficient (Wildman–Crippen LogP) is 4.96. The smallest absolute Gasteiger partial charge is 0.264 e. The zero-order valence-electron chi connectivity index (χ0n) is 21.3. The number of carbonyl (C=O) groups is 2. The van der Waals surface area contributed by atoms with E-state index in [1.165, 1.54) is 29.2 Å². The first-order valence-electron chi connectivity index (χ1n) is 12.3. The molecule has 0 aliphatic heterocycles. The fourth-order valence-electron chi connectivity index (χ4n) is 3.93. The minimum Gasteiger partial charge on any atom is -0.354 e. The van der Waals surface area contributed by atoms with Crippen molar-refractivity contribution < 1.29 is 22.4 Å². The van der Waals surface area contributed by atoms with Crippen molar-refractivity contribution in [2.24, 2.45) is 0 Å². The third-order valence-corrected chi connectivity index (χ3v) is 8.43. The van der Waals surface area contributed by atoms with Crippen molar-refractivity contribution in [1.82, 2.24) is 10.2 Å². The van der Waals surface area contributed by atoms with Crippen LogP contribution in [-0.2, 0) is 26.2 Å². The van der Waals surface area contributed by atoms with Crippen molar-refractivity contribution in [1.29, 1.82) is 0 Å². The number of hydrogen-bond donors (Lipinski definition) is 1. The molecule has 0 saturated carbocycles. The summed E-state index contributed by atoms with van der Waals surface area (Å²) in [7, 11) is -4.11. The lowest BCUT2D eigenvalue weighted by Crippen LogP contribution is -2.52. The summed E-state index contributed by atoms with van der Waals surface area (Å²) in [5.41, 5.74) is 0.945. The van der Waals surface area contributed by atoms with Gasteiger partial charge in [0.2, 0.25) is 11.8 Å². The van der Waals surface area contributed by atoms with Crippen LogP contribution in [0, 0.1) is 9.39 Å². The molecule has 1 N–H and O–H groups in total. The van der Waals surface area contributed by atoms with Crippen LogP contribution in [0.3, 0.4) is 0 Å². The lowest BCUT2D eigenvalue weighted by Gasteiger charge is -2.33. The Morgan fingerprint density at radius 1 is 0.947 bits per heavy atom.